The number of nitrogens with one attached hydrogen (secondary N) is 1. The Morgan fingerprint density at radius 3 is 2.32 bits per heavy atom. The van der Waals surface area contributed by atoms with Crippen molar-refractivity contribution in [2.75, 3.05) is 13.7 Å². The zero-order valence-electron chi connectivity index (χ0n) is 14.0. The Bertz CT molecular complexity index is 395. The third kappa shape index (κ3) is 4.22. The van der Waals surface area contributed by atoms with Crippen LogP contribution in [0.25, 0.3) is 0 Å². The van der Waals surface area contributed by atoms with Gasteiger partial charge in [0.25, 0.3) is 0 Å². The number of ether oxygens (including phenoxy) is 2. The molecule has 0 aromatic heterocycles. The lowest BCUT2D eigenvalue weighted by Crippen LogP contribution is -2.49. The van der Waals surface area contributed by atoms with Crippen molar-refractivity contribution < 1.29 is 19.1 Å². The van der Waals surface area contributed by atoms with Crippen molar-refractivity contribution in [2.45, 2.75) is 70.9 Å². The fourth-order valence-electron chi connectivity index (χ4n) is 3.73. The van der Waals surface area contributed by atoms with Crippen LogP contribution in [0.1, 0.15) is 58.8 Å². The highest BCUT2D eigenvalue weighted by atomic mass is 16.5. The molecule has 2 aliphatic rings. The molecule has 0 aliphatic heterocycles. The molecule has 22 heavy (non-hydrogen) atoms. The summed E-state index contributed by atoms with van der Waals surface area (Å²) >= 11 is 0. The van der Waals surface area contributed by atoms with Gasteiger partial charge in [0.2, 0.25) is 5.91 Å². The fourth-order valence-corrected chi connectivity index (χ4v) is 3.73. The number of rotatable bonds is 6. The van der Waals surface area contributed by atoms with Crippen LogP contribution < -0.4 is 5.32 Å². The summed E-state index contributed by atoms with van der Waals surface area (Å²) in [6, 6.07) is -0.732. The fraction of sp³-hybridized carbons (Fsp3) is 0.882. The first-order chi connectivity index (χ1) is 10.5. The second-order valence-electron chi connectivity index (χ2n) is 7.04. The average molecular weight is 311 g/mol. The number of esters is 1. The van der Waals surface area contributed by atoms with E-state index in [4.69, 9.17) is 9.47 Å². The molecule has 0 bridgehead atoms. The van der Waals surface area contributed by atoms with Crippen molar-refractivity contribution >= 4 is 11.9 Å². The summed E-state index contributed by atoms with van der Waals surface area (Å²) in [5.41, 5.74) is 0.660. The van der Waals surface area contributed by atoms with Gasteiger partial charge in [0.15, 0.2) is 6.04 Å². The van der Waals surface area contributed by atoms with Gasteiger partial charge in [0, 0.05) is 13.5 Å². The molecule has 0 aromatic carbocycles. The lowest BCUT2D eigenvalue weighted by Gasteiger charge is -2.47. The van der Waals surface area contributed by atoms with Gasteiger partial charge in [-0.15, -0.1) is 0 Å². The summed E-state index contributed by atoms with van der Waals surface area (Å²) in [6.07, 6.45) is 8.91. The van der Waals surface area contributed by atoms with E-state index < -0.39 is 12.0 Å². The summed E-state index contributed by atoms with van der Waals surface area (Å²) in [4.78, 5) is 23.0. The van der Waals surface area contributed by atoms with Gasteiger partial charge in [-0.3, -0.25) is 4.79 Å². The number of hydrogen-bond donors (Lipinski definition) is 1. The Morgan fingerprint density at radius 1 is 1.23 bits per heavy atom. The first-order valence-electron chi connectivity index (χ1n) is 8.42. The number of methoxy groups -OCH3 is 1. The largest absolute Gasteiger partial charge is 0.467 e. The van der Waals surface area contributed by atoms with Crippen molar-refractivity contribution in [3.63, 3.8) is 0 Å². The van der Waals surface area contributed by atoms with E-state index in [1.165, 1.54) is 59.0 Å². The molecule has 5 nitrogen and oxygen atoms in total. The molecule has 1 N–H and O–H groups in total. The van der Waals surface area contributed by atoms with Gasteiger partial charge in [-0.05, 0) is 56.8 Å². The van der Waals surface area contributed by atoms with E-state index in [9.17, 15) is 9.59 Å². The Morgan fingerprint density at radius 2 is 1.86 bits per heavy atom. The predicted molar refractivity (Wildman–Crippen MR) is 83.3 cm³/mol. The Labute approximate surface area is 133 Å². The SMILES string of the molecule is COC(=O)C(NC(C)=O)C(C)OCC1CCC2(CCC2)CC1. The molecule has 126 valence electrons. The molecule has 0 aromatic rings. The van der Waals surface area contributed by atoms with Gasteiger partial charge >= 0.3 is 5.97 Å². The van der Waals surface area contributed by atoms with Crippen LogP contribution in [0.2, 0.25) is 0 Å². The molecule has 2 aliphatic carbocycles. The monoisotopic (exact) mass is 311 g/mol. The molecule has 2 unspecified atom stereocenters. The van der Waals surface area contributed by atoms with E-state index in [0.717, 1.165) is 0 Å². The molecule has 1 amide bonds. The van der Waals surface area contributed by atoms with Crippen molar-refractivity contribution in [3.8, 4) is 0 Å². The van der Waals surface area contributed by atoms with E-state index in [1.807, 2.05) is 6.92 Å². The van der Waals surface area contributed by atoms with E-state index >= 15 is 0 Å². The van der Waals surface area contributed by atoms with Gasteiger partial charge in [-0.2, -0.15) is 0 Å². The normalized spacial score (nSPS) is 23.4. The smallest absolute Gasteiger partial charge is 0.331 e. The van der Waals surface area contributed by atoms with Crippen LogP contribution in [0.4, 0.5) is 0 Å². The van der Waals surface area contributed by atoms with Crippen LogP contribution in [0.3, 0.4) is 0 Å². The molecule has 2 atom stereocenters. The van der Waals surface area contributed by atoms with Gasteiger partial charge in [0.05, 0.1) is 13.2 Å². The molecule has 5 heteroatoms. The maximum atomic E-state index is 11.8. The third-order valence-electron chi connectivity index (χ3n) is 5.46. The minimum absolute atomic E-state index is 0.254. The van der Waals surface area contributed by atoms with Gasteiger partial charge in [-0.25, -0.2) is 4.79 Å². The van der Waals surface area contributed by atoms with Gasteiger partial charge in [0.1, 0.15) is 0 Å². The maximum Gasteiger partial charge on any atom is 0.331 e. The maximum absolute atomic E-state index is 11.8. The number of hydrogen-bond acceptors (Lipinski definition) is 4. The summed E-state index contributed by atoms with van der Waals surface area (Å²) in [5, 5.41) is 2.61. The lowest BCUT2D eigenvalue weighted by molar-refractivity contribution is -0.149. The second kappa shape index (κ2) is 7.44. The molecule has 2 saturated carbocycles. The number of carbonyl (C=O) groups is 2. The Kier molecular flexibility index (Phi) is 5.84. The molecule has 2 fully saturated rings. The molecule has 0 heterocycles. The molecule has 2 rings (SSSR count). The zero-order chi connectivity index (χ0) is 16.2. The Balaban J connectivity index is 1.76. The standard InChI is InChI=1S/C17H29NO4/c1-12(15(16(20)21-3)18-13(2)19)22-11-14-5-9-17(10-6-14)7-4-8-17/h12,14-15H,4-11H2,1-3H3,(H,18,19). The van der Waals surface area contributed by atoms with Crippen LogP contribution in [-0.2, 0) is 19.1 Å². The van der Waals surface area contributed by atoms with Crippen LogP contribution >= 0.6 is 0 Å². The molecule has 0 radical (unpaired) electrons. The van der Waals surface area contributed by atoms with Crippen molar-refractivity contribution in [3.05, 3.63) is 0 Å². The first kappa shape index (κ1) is 17.3. The summed E-state index contributed by atoms with van der Waals surface area (Å²) in [6.45, 7) is 3.86. The summed E-state index contributed by atoms with van der Waals surface area (Å²) in [5.74, 6) is -0.139. The van der Waals surface area contributed by atoms with E-state index in [0.29, 0.717) is 17.9 Å². The quantitative estimate of drug-likeness (QED) is 0.765. The van der Waals surface area contributed by atoms with E-state index in [-0.39, 0.29) is 12.0 Å². The van der Waals surface area contributed by atoms with E-state index in [2.05, 4.69) is 5.32 Å². The predicted octanol–water partition coefficient (Wildman–Crippen LogP) is 2.43. The Hall–Kier alpha value is -1.10. The van der Waals surface area contributed by atoms with Crippen LogP contribution in [0, 0.1) is 11.3 Å². The number of carbonyl (C=O) groups excluding carboxylic acids is 2. The van der Waals surface area contributed by atoms with Crippen molar-refractivity contribution in [1.82, 2.24) is 5.32 Å². The van der Waals surface area contributed by atoms with Crippen LogP contribution in [-0.4, -0.2) is 37.7 Å². The lowest BCUT2D eigenvalue weighted by atomic mass is 9.59. The minimum Gasteiger partial charge on any atom is -0.467 e. The van der Waals surface area contributed by atoms with Crippen molar-refractivity contribution in [2.24, 2.45) is 11.3 Å². The van der Waals surface area contributed by atoms with Gasteiger partial charge in [-0.1, -0.05) is 6.42 Å². The van der Waals surface area contributed by atoms with Crippen LogP contribution in [0.15, 0.2) is 0 Å². The molecule has 0 saturated heterocycles. The first-order valence-corrected chi connectivity index (χ1v) is 8.42. The molecular formula is C17H29NO4. The molecule has 1 spiro atoms. The minimum atomic E-state index is -0.732. The highest BCUT2D eigenvalue weighted by molar-refractivity contribution is 5.83. The second-order valence-corrected chi connectivity index (χ2v) is 7.04. The summed E-state index contributed by atoms with van der Waals surface area (Å²) in [7, 11) is 1.32. The highest BCUT2D eigenvalue weighted by Crippen LogP contribution is 2.52. The van der Waals surface area contributed by atoms with E-state index in [1.54, 1.807) is 0 Å². The summed E-state index contributed by atoms with van der Waals surface area (Å²) < 4.78 is 10.6. The topological polar surface area (TPSA) is 64.6 Å². The number of amides is 1. The zero-order valence-corrected chi connectivity index (χ0v) is 14.0. The van der Waals surface area contributed by atoms with Crippen LogP contribution in [0.5, 0.6) is 0 Å². The highest BCUT2D eigenvalue weighted by Gasteiger charge is 2.40. The molecular weight excluding hydrogens is 282 g/mol. The third-order valence-corrected chi connectivity index (χ3v) is 5.46. The van der Waals surface area contributed by atoms with Crippen molar-refractivity contribution in [1.29, 1.82) is 0 Å². The average Bonchev–Trinajstić information content (AvgIpc) is 2.48. The van der Waals surface area contributed by atoms with Gasteiger partial charge < -0.3 is 14.8 Å².